The number of rotatable bonds is 7. The number of aliphatic hydroxyl groups is 1. The highest BCUT2D eigenvalue weighted by molar-refractivity contribution is 6.31. The SMILES string of the molecule is Cl.Cl.Cn1nc2c(=O)n(CC3(O)CCN(Cc4ccc(-c5ccco5)cc4Cl)CC3)cnc2c1-c1ccc(CN)cc1. The molecular formula is C30H33Cl3N6O3. The van der Waals surface area contributed by atoms with Gasteiger partial charge in [-0.25, -0.2) is 4.98 Å². The molecule has 1 saturated heterocycles. The predicted octanol–water partition coefficient (Wildman–Crippen LogP) is 5.04. The number of furan rings is 1. The average Bonchev–Trinajstić information content (AvgIpc) is 3.61. The molecule has 1 aliphatic heterocycles. The van der Waals surface area contributed by atoms with Crippen molar-refractivity contribution in [2.75, 3.05) is 13.1 Å². The van der Waals surface area contributed by atoms with Gasteiger partial charge in [-0.05, 0) is 42.2 Å². The van der Waals surface area contributed by atoms with Gasteiger partial charge >= 0.3 is 0 Å². The molecular weight excluding hydrogens is 599 g/mol. The molecule has 1 aliphatic rings. The Hall–Kier alpha value is -3.18. The maximum atomic E-state index is 13.4. The molecule has 5 aromatic rings. The number of aryl methyl sites for hydroxylation is 1. The lowest BCUT2D eigenvalue weighted by atomic mass is 9.91. The largest absolute Gasteiger partial charge is 0.464 e. The first kappa shape index (κ1) is 31.7. The summed E-state index contributed by atoms with van der Waals surface area (Å²) in [6.45, 7) is 2.68. The Balaban J connectivity index is 0.00000202. The summed E-state index contributed by atoms with van der Waals surface area (Å²) < 4.78 is 8.63. The van der Waals surface area contributed by atoms with Crippen LogP contribution in [0.1, 0.15) is 24.0 Å². The van der Waals surface area contributed by atoms with E-state index in [0.717, 1.165) is 33.7 Å². The Morgan fingerprint density at radius 2 is 1.76 bits per heavy atom. The van der Waals surface area contributed by atoms with Crippen molar-refractivity contribution in [2.24, 2.45) is 12.8 Å². The molecule has 42 heavy (non-hydrogen) atoms. The van der Waals surface area contributed by atoms with Gasteiger partial charge < -0.3 is 15.3 Å². The van der Waals surface area contributed by atoms with Gasteiger partial charge in [-0.2, -0.15) is 5.10 Å². The summed E-state index contributed by atoms with van der Waals surface area (Å²) in [6, 6.07) is 17.6. The third kappa shape index (κ3) is 6.27. The zero-order valence-electron chi connectivity index (χ0n) is 23.1. The first-order valence-electron chi connectivity index (χ1n) is 13.3. The Kier molecular flexibility index (Phi) is 9.82. The molecule has 0 unspecified atom stereocenters. The second kappa shape index (κ2) is 13.0. The first-order valence-corrected chi connectivity index (χ1v) is 13.7. The number of hydrogen-bond acceptors (Lipinski definition) is 7. The third-order valence-corrected chi connectivity index (χ3v) is 8.13. The van der Waals surface area contributed by atoms with Gasteiger partial charge in [-0.3, -0.25) is 18.9 Å². The number of nitrogens with two attached hydrogens (primary N) is 1. The number of likely N-dealkylation sites (tertiary alicyclic amines) is 1. The second-order valence-corrected chi connectivity index (χ2v) is 10.9. The highest BCUT2D eigenvalue weighted by Crippen LogP contribution is 2.30. The van der Waals surface area contributed by atoms with Gasteiger partial charge in [0.15, 0.2) is 5.52 Å². The molecule has 0 spiro atoms. The molecule has 9 nitrogen and oxygen atoms in total. The van der Waals surface area contributed by atoms with Crippen molar-refractivity contribution >= 4 is 47.4 Å². The van der Waals surface area contributed by atoms with Crippen LogP contribution in [0.15, 0.2) is 76.4 Å². The summed E-state index contributed by atoms with van der Waals surface area (Å²) in [4.78, 5) is 20.3. The van der Waals surface area contributed by atoms with Gasteiger partial charge in [0.2, 0.25) is 0 Å². The van der Waals surface area contributed by atoms with Crippen LogP contribution in [0.25, 0.3) is 33.6 Å². The van der Waals surface area contributed by atoms with Crippen molar-refractivity contribution in [3.63, 3.8) is 0 Å². The summed E-state index contributed by atoms with van der Waals surface area (Å²) >= 11 is 6.58. The lowest BCUT2D eigenvalue weighted by Gasteiger charge is -2.38. The molecule has 222 valence electrons. The van der Waals surface area contributed by atoms with Crippen LogP contribution >= 0.6 is 36.4 Å². The highest BCUT2D eigenvalue weighted by atomic mass is 35.5. The quantitative estimate of drug-likeness (QED) is 0.259. The molecule has 0 atom stereocenters. The molecule has 0 aliphatic carbocycles. The minimum atomic E-state index is -1.02. The molecule has 4 heterocycles. The molecule has 0 bridgehead atoms. The van der Waals surface area contributed by atoms with Crippen LogP contribution in [0.4, 0.5) is 0 Å². The fraction of sp³-hybridized carbons (Fsp3) is 0.300. The van der Waals surface area contributed by atoms with E-state index >= 15 is 0 Å². The molecule has 0 amide bonds. The summed E-state index contributed by atoms with van der Waals surface area (Å²) in [5.74, 6) is 0.780. The van der Waals surface area contributed by atoms with E-state index in [0.29, 0.717) is 49.6 Å². The van der Waals surface area contributed by atoms with Crippen molar-refractivity contribution < 1.29 is 9.52 Å². The van der Waals surface area contributed by atoms with E-state index in [1.807, 2.05) is 54.6 Å². The van der Waals surface area contributed by atoms with Crippen molar-refractivity contribution in [2.45, 2.75) is 38.1 Å². The summed E-state index contributed by atoms with van der Waals surface area (Å²) in [5.41, 5.74) is 9.95. The normalized spacial score (nSPS) is 14.9. The van der Waals surface area contributed by atoms with Gasteiger partial charge in [0, 0.05) is 49.4 Å². The fourth-order valence-electron chi connectivity index (χ4n) is 5.44. The lowest BCUT2D eigenvalue weighted by Crippen LogP contribution is -2.47. The molecule has 3 aromatic heterocycles. The van der Waals surface area contributed by atoms with E-state index in [9.17, 15) is 9.90 Å². The van der Waals surface area contributed by atoms with E-state index in [2.05, 4.69) is 15.0 Å². The van der Waals surface area contributed by atoms with E-state index in [4.69, 9.17) is 21.8 Å². The summed E-state index contributed by atoms with van der Waals surface area (Å²) in [7, 11) is 1.80. The number of piperidine rings is 1. The molecule has 2 aromatic carbocycles. The van der Waals surface area contributed by atoms with E-state index < -0.39 is 5.60 Å². The lowest BCUT2D eigenvalue weighted by molar-refractivity contribution is -0.0364. The number of nitrogens with zero attached hydrogens (tertiary/aromatic N) is 5. The Morgan fingerprint density at radius 1 is 1.05 bits per heavy atom. The van der Waals surface area contributed by atoms with Crippen LogP contribution in [-0.2, 0) is 26.7 Å². The Bertz CT molecular complexity index is 1710. The molecule has 3 N–H and O–H groups in total. The number of hydrogen-bond donors (Lipinski definition) is 2. The Labute approximate surface area is 260 Å². The molecule has 0 saturated carbocycles. The molecule has 0 radical (unpaired) electrons. The number of aromatic nitrogens is 4. The molecule has 6 rings (SSSR count). The van der Waals surface area contributed by atoms with Crippen LogP contribution in [0, 0.1) is 0 Å². The number of benzene rings is 2. The first-order chi connectivity index (χ1) is 19.3. The zero-order chi connectivity index (χ0) is 27.9. The Morgan fingerprint density at radius 3 is 2.40 bits per heavy atom. The molecule has 12 heteroatoms. The minimum absolute atomic E-state index is 0. The molecule has 1 fully saturated rings. The van der Waals surface area contributed by atoms with E-state index in [1.54, 1.807) is 18.0 Å². The summed E-state index contributed by atoms with van der Waals surface area (Å²) in [5, 5.41) is 16.6. The van der Waals surface area contributed by atoms with Gasteiger partial charge in [-0.1, -0.05) is 48.0 Å². The highest BCUT2D eigenvalue weighted by Gasteiger charge is 2.33. The van der Waals surface area contributed by atoms with Gasteiger partial charge in [0.1, 0.15) is 11.3 Å². The predicted molar refractivity (Wildman–Crippen MR) is 169 cm³/mol. The van der Waals surface area contributed by atoms with Crippen molar-refractivity contribution in [1.82, 2.24) is 24.2 Å². The average molecular weight is 632 g/mol. The standard InChI is InChI=1S/C30H31ClN6O3.2ClH/c1-35-28(21-6-4-20(16-32)5-7-21)26-27(34-35)29(38)37(19-33-26)18-30(39)10-12-36(13-11-30)17-23-9-8-22(15-24(23)31)25-3-2-14-40-25;;/h2-9,14-15,19,39H,10-13,16-18,32H2,1H3;2*1H. The minimum Gasteiger partial charge on any atom is -0.464 e. The summed E-state index contributed by atoms with van der Waals surface area (Å²) in [6.07, 6.45) is 4.22. The third-order valence-electron chi connectivity index (χ3n) is 7.78. The van der Waals surface area contributed by atoms with Crippen LogP contribution in [0.3, 0.4) is 0 Å². The number of halogens is 3. The maximum absolute atomic E-state index is 13.4. The topological polar surface area (TPSA) is 115 Å². The van der Waals surface area contributed by atoms with E-state index in [-0.39, 0.29) is 42.4 Å². The van der Waals surface area contributed by atoms with Crippen molar-refractivity contribution in [1.29, 1.82) is 0 Å². The van der Waals surface area contributed by atoms with Gasteiger partial charge in [0.25, 0.3) is 5.56 Å². The fourth-order valence-corrected chi connectivity index (χ4v) is 5.69. The van der Waals surface area contributed by atoms with Crippen LogP contribution in [-0.4, -0.2) is 48.0 Å². The van der Waals surface area contributed by atoms with Crippen LogP contribution in [0.2, 0.25) is 5.02 Å². The van der Waals surface area contributed by atoms with E-state index in [1.165, 1.54) is 10.9 Å². The smallest absolute Gasteiger partial charge is 0.281 e. The van der Waals surface area contributed by atoms with Crippen LogP contribution < -0.4 is 11.3 Å². The van der Waals surface area contributed by atoms with Crippen molar-refractivity contribution in [3.8, 4) is 22.6 Å². The van der Waals surface area contributed by atoms with Crippen LogP contribution in [0.5, 0.6) is 0 Å². The van der Waals surface area contributed by atoms with Gasteiger partial charge in [-0.15, -0.1) is 24.8 Å². The van der Waals surface area contributed by atoms with Crippen molar-refractivity contribution in [3.05, 3.63) is 93.7 Å². The second-order valence-electron chi connectivity index (χ2n) is 10.5. The monoisotopic (exact) mass is 630 g/mol. The van der Waals surface area contributed by atoms with Gasteiger partial charge in [0.05, 0.1) is 30.4 Å². The maximum Gasteiger partial charge on any atom is 0.281 e. The number of fused-ring (bicyclic) bond motifs is 1. The zero-order valence-corrected chi connectivity index (χ0v) is 25.5.